The van der Waals surface area contributed by atoms with Crippen molar-refractivity contribution >= 4 is 17.7 Å². The summed E-state index contributed by atoms with van der Waals surface area (Å²) < 4.78 is 16.3. The number of benzene rings is 1. The molecule has 0 aliphatic heterocycles. The number of anilines is 2. The zero-order valence-electron chi connectivity index (χ0n) is 22.1. The molecule has 3 heterocycles. The van der Waals surface area contributed by atoms with E-state index in [1.165, 1.54) is 0 Å². The maximum atomic E-state index is 12.3. The van der Waals surface area contributed by atoms with E-state index in [4.69, 9.17) is 14.0 Å². The highest BCUT2D eigenvalue weighted by Crippen LogP contribution is 2.37. The fourth-order valence-corrected chi connectivity index (χ4v) is 4.15. The second kappa shape index (κ2) is 11.2. The van der Waals surface area contributed by atoms with Crippen LogP contribution in [0.3, 0.4) is 0 Å². The number of nitrogens with zero attached hydrogens (tertiary/aromatic N) is 5. The van der Waals surface area contributed by atoms with Gasteiger partial charge in [0.15, 0.2) is 0 Å². The van der Waals surface area contributed by atoms with Crippen LogP contribution in [0.15, 0.2) is 47.2 Å². The molecule has 0 spiro atoms. The number of aryl methyl sites for hydroxylation is 2. The first-order valence-corrected chi connectivity index (χ1v) is 11.9. The molecule has 0 radical (unpaired) electrons. The van der Waals surface area contributed by atoms with Gasteiger partial charge in [-0.3, -0.25) is 4.98 Å². The lowest BCUT2D eigenvalue weighted by Crippen LogP contribution is -2.32. The zero-order chi connectivity index (χ0) is 27.4. The second-order valence-electron chi connectivity index (χ2n) is 8.85. The van der Waals surface area contributed by atoms with E-state index < -0.39 is 12.0 Å². The second-order valence-corrected chi connectivity index (χ2v) is 8.85. The first-order chi connectivity index (χ1) is 18.2. The Balaban J connectivity index is 1.65. The molecule has 0 aliphatic carbocycles. The van der Waals surface area contributed by atoms with Gasteiger partial charge >= 0.3 is 5.97 Å². The van der Waals surface area contributed by atoms with E-state index in [1.54, 1.807) is 38.4 Å². The molecule has 0 fully saturated rings. The Kier molecular flexibility index (Phi) is 7.75. The van der Waals surface area contributed by atoms with Crippen molar-refractivity contribution in [3.63, 3.8) is 0 Å². The molecule has 2 N–H and O–H groups in total. The molecule has 11 nitrogen and oxygen atoms in total. The molecule has 0 bridgehead atoms. The van der Waals surface area contributed by atoms with Crippen molar-refractivity contribution in [1.82, 2.24) is 20.1 Å². The summed E-state index contributed by atoms with van der Waals surface area (Å²) in [5.41, 5.74) is 4.08. The first kappa shape index (κ1) is 26.4. The Labute approximate surface area is 220 Å². The monoisotopic (exact) mass is 518 g/mol. The van der Waals surface area contributed by atoms with E-state index in [0.717, 1.165) is 16.7 Å². The summed E-state index contributed by atoms with van der Waals surface area (Å²) in [6.07, 6.45) is 3.46. The summed E-state index contributed by atoms with van der Waals surface area (Å²) in [7, 11) is 6.80. The zero-order valence-corrected chi connectivity index (χ0v) is 22.1. The van der Waals surface area contributed by atoms with Gasteiger partial charge in [0.05, 0.1) is 36.7 Å². The number of hydrogen-bond donors (Lipinski definition) is 2. The molecule has 3 aromatic heterocycles. The summed E-state index contributed by atoms with van der Waals surface area (Å²) in [4.78, 5) is 27.6. The number of pyridine rings is 1. The molecule has 0 saturated heterocycles. The van der Waals surface area contributed by atoms with Crippen LogP contribution in [-0.4, -0.2) is 65.5 Å². The van der Waals surface area contributed by atoms with Crippen molar-refractivity contribution in [3.8, 4) is 33.9 Å². The standard InChI is InChI=1S/C27H30N6O5/c1-15-23(16(2)38-32-15)18-14-29-27(33(3)4)31-25(18)30-20(26(34)35)12-17-10-11-19(28-13-17)24-21(36-5)8-7-9-22(24)37-6/h7-11,13-14,20H,12H2,1-6H3,(H,34,35)(H,29,30,31)/t20-/m0/s1. The molecule has 0 aliphatic rings. The number of carboxylic acid groups (broad SMARTS) is 1. The van der Waals surface area contributed by atoms with E-state index in [9.17, 15) is 9.90 Å². The van der Waals surface area contributed by atoms with Gasteiger partial charge in [0, 0.05) is 38.5 Å². The Morgan fingerprint density at radius 1 is 1.05 bits per heavy atom. The predicted molar refractivity (Wildman–Crippen MR) is 143 cm³/mol. The van der Waals surface area contributed by atoms with Gasteiger partial charge < -0.3 is 29.3 Å². The van der Waals surface area contributed by atoms with Crippen molar-refractivity contribution in [2.24, 2.45) is 0 Å². The van der Waals surface area contributed by atoms with Crippen molar-refractivity contribution in [2.45, 2.75) is 26.3 Å². The fraction of sp³-hybridized carbons (Fsp3) is 0.296. The van der Waals surface area contributed by atoms with E-state index in [-0.39, 0.29) is 6.42 Å². The van der Waals surface area contributed by atoms with E-state index >= 15 is 0 Å². The molecular weight excluding hydrogens is 488 g/mol. The Hall–Kier alpha value is -4.67. The molecule has 1 atom stereocenters. The smallest absolute Gasteiger partial charge is 0.326 e. The summed E-state index contributed by atoms with van der Waals surface area (Å²) in [6, 6.07) is 8.17. The van der Waals surface area contributed by atoms with Gasteiger partial charge in [0.25, 0.3) is 0 Å². The Morgan fingerprint density at radius 3 is 2.29 bits per heavy atom. The Morgan fingerprint density at radius 2 is 1.76 bits per heavy atom. The number of methoxy groups -OCH3 is 2. The van der Waals surface area contributed by atoms with Crippen molar-refractivity contribution in [2.75, 3.05) is 38.5 Å². The molecule has 0 unspecified atom stereocenters. The molecule has 0 amide bonds. The van der Waals surface area contributed by atoms with Crippen molar-refractivity contribution in [1.29, 1.82) is 0 Å². The molecule has 4 rings (SSSR count). The minimum atomic E-state index is -1.03. The number of carboxylic acids is 1. The van der Waals surface area contributed by atoms with Gasteiger partial charge in [-0.1, -0.05) is 17.3 Å². The highest BCUT2D eigenvalue weighted by molar-refractivity contribution is 5.83. The third-order valence-electron chi connectivity index (χ3n) is 6.04. The van der Waals surface area contributed by atoms with Crippen LogP contribution in [0.5, 0.6) is 11.5 Å². The largest absolute Gasteiger partial charge is 0.496 e. The van der Waals surface area contributed by atoms with E-state index in [1.807, 2.05) is 51.4 Å². The number of aliphatic carboxylic acids is 1. The minimum absolute atomic E-state index is 0.161. The molecule has 38 heavy (non-hydrogen) atoms. The predicted octanol–water partition coefficient (Wildman–Crippen LogP) is 4.00. The van der Waals surface area contributed by atoms with Crippen LogP contribution in [-0.2, 0) is 11.2 Å². The number of aromatic nitrogens is 4. The number of hydrogen-bond acceptors (Lipinski definition) is 10. The van der Waals surface area contributed by atoms with Crippen LogP contribution < -0.4 is 19.7 Å². The van der Waals surface area contributed by atoms with Crippen molar-refractivity contribution in [3.05, 3.63) is 59.7 Å². The maximum absolute atomic E-state index is 12.3. The van der Waals surface area contributed by atoms with Gasteiger partial charge in [0.1, 0.15) is 29.1 Å². The highest BCUT2D eigenvalue weighted by atomic mass is 16.5. The molecular formula is C27H30N6O5. The van der Waals surface area contributed by atoms with Gasteiger partial charge in [0.2, 0.25) is 5.95 Å². The fourth-order valence-electron chi connectivity index (χ4n) is 4.15. The number of carbonyl (C=O) groups is 1. The lowest BCUT2D eigenvalue weighted by atomic mass is 10.0. The van der Waals surface area contributed by atoms with Gasteiger partial charge in [-0.15, -0.1) is 0 Å². The molecule has 0 saturated carbocycles. The average molecular weight is 519 g/mol. The van der Waals surface area contributed by atoms with Gasteiger partial charge in [-0.05, 0) is 37.6 Å². The minimum Gasteiger partial charge on any atom is -0.496 e. The summed E-state index contributed by atoms with van der Waals surface area (Å²) in [5, 5.41) is 17.2. The van der Waals surface area contributed by atoms with Crippen LogP contribution in [0.1, 0.15) is 17.0 Å². The summed E-state index contributed by atoms with van der Waals surface area (Å²) >= 11 is 0. The van der Waals surface area contributed by atoms with Crippen molar-refractivity contribution < 1.29 is 23.9 Å². The molecule has 1 aromatic carbocycles. The molecule has 4 aromatic rings. The van der Waals surface area contributed by atoms with E-state index in [2.05, 4.69) is 25.4 Å². The Bertz CT molecular complexity index is 1390. The number of nitrogens with one attached hydrogen (secondary N) is 1. The molecule has 11 heteroatoms. The summed E-state index contributed by atoms with van der Waals surface area (Å²) in [5.74, 6) is 1.61. The SMILES string of the molecule is COc1cccc(OC)c1-c1ccc(C[C@H](Nc2nc(N(C)C)ncc2-c2c(C)noc2C)C(=O)O)cn1. The molecule has 198 valence electrons. The quantitative estimate of drug-likeness (QED) is 0.315. The topological polar surface area (TPSA) is 136 Å². The van der Waals surface area contributed by atoms with E-state index in [0.29, 0.717) is 46.0 Å². The number of ether oxygens (including phenoxy) is 2. The average Bonchev–Trinajstić information content (AvgIpc) is 3.25. The third kappa shape index (κ3) is 5.36. The van der Waals surface area contributed by atoms with Gasteiger partial charge in [-0.25, -0.2) is 9.78 Å². The van der Waals surface area contributed by atoms with Crippen LogP contribution in [0.25, 0.3) is 22.4 Å². The van der Waals surface area contributed by atoms with Crippen LogP contribution >= 0.6 is 0 Å². The van der Waals surface area contributed by atoms with Gasteiger partial charge in [-0.2, -0.15) is 4.98 Å². The van der Waals surface area contributed by atoms with Crippen LogP contribution in [0.2, 0.25) is 0 Å². The number of rotatable bonds is 10. The highest BCUT2D eigenvalue weighted by Gasteiger charge is 2.24. The normalized spacial score (nSPS) is 11.6. The maximum Gasteiger partial charge on any atom is 0.326 e. The lowest BCUT2D eigenvalue weighted by molar-refractivity contribution is -0.137. The van der Waals surface area contributed by atoms with Crippen LogP contribution in [0, 0.1) is 13.8 Å². The lowest BCUT2D eigenvalue weighted by Gasteiger charge is -2.20. The first-order valence-electron chi connectivity index (χ1n) is 11.9. The van der Waals surface area contributed by atoms with Crippen LogP contribution in [0.4, 0.5) is 11.8 Å². The third-order valence-corrected chi connectivity index (χ3v) is 6.04. The summed E-state index contributed by atoms with van der Waals surface area (Å²) in [6.45, 7) is 3.60.